The van der Waals surface area contributed by atoms with Gasteiger partial charge < -0.3 is 15.3 Å². The molecule has 0 aliphatic heterocycles. The second-order valence-electron chi connectivity index (χ2n) is 3.50. The minimum absolute atomic E-state index is 0.201. The van der Waals surface area contributed by atoms with Crippen molar-refractivity contribution >= 4 is 0 Å². The van der Waals surface area contributed by atoms with Gasteiger partial charge in [0.05, 0.1) is 12.2 Å². The van der Waals surface area contributed by atoms with Gasteiger partial charge in [-0.3, -0.25) is 0 Å². The standard InChI is InChI=1S/C10H14O3/c1-10(13,7-11)6-8-2-4-9(12)5-3-8/h2-5,11-13H,6-7H2,1H3. The summed E-state index contributed by atoms with van der Waals surface area (Å²) in [5.74, 6) is 0.201. The van der Waals surface area contributed by atoms with Gasteiger partial charge in [-0.15, -0.1) is 0 Å². The average Bonchev–Trinajstić information content (AvgIpc) is 2.09. The van der Waals surface area contributed by atoms with Crippen molar-refractivity contribution in [2.45, 2.75) is 18.9 Å². The molecule has 3 heteroatoms. The van der Waals surface area contributed by atoms with Crippen LogP contribution in [0.5, 0.6) is 5.75 Å². The third-order valence-corrected chi connectivity index (χ3v) is 1.86. The third-order valence-electron chi connectivity index (χ3n) is 1.86. The Labute approximate surface area is 77.3 Å². The fourth-order valence-electron chi connectivity index (χ4n) is 1.11. The molecule has 3 N–H and O–H groups in total. The molecule has 1 rings (SSSR count). The quantitative estimate of drug-likeness (QED) is 0.644. The molecule has 1 aromatic rings. The highest BCUT2D eigenvalue weighted by atomic mass is 16.3. The fraction of sp³-hybridized carbons (Fsp3) is 0.400. The summed E-state index contributed by atoms with van der Waals surface area (Å²) >= 11 is 0. The summed E-state index contributed by atoms with van der Waals surface area (Å²) in [6.45, 7) is 1.30. The van der Waals surface area contributed by atoms with E-state index in [4.69, 9.17) is 10.2 Å². The van der Waals surface area contributed by atoms with E-state index in [1.807, 2.05) is 0 Å². The number of hydrogen-bond acceptors (Lipinski definition) is 3. The number of rotatable bonds is 3. The molecule has 3 nitrogen and oxygen atoms in total. The lowest BCUT2D eigenvalue weighted by Gasteiger charge is -2.19. The van der Waals surface area contributed by atoms with E-state index in [9.17, 15) is 5.11 Å². The van der Waals surface area contributed by atoms with Gasteiger partial charge in [0.15, 0.2) is 0 Å². The predicted octanol–water partition coefficient (Wildman–Crippen LogP) is 0.678. The zero-order valence-corrected chi connectivity index (χ0v) is 7.57. The molecule has 0 aliphatic rings. The van der Waals surface area contributed by atoms with E-state index in [2.05, 4.69) is 0 Å². The van der Waals surface area contributed by atoms with Crippen LogP contribution in [0.1, 0.15) is 12.5 Å². The Kier molecular flexibility index (Phi) is 2.90. The van der Waals surface area contributed by atoms with E-state index >= 15 is 0 Å². The molecule has 0 spiro atoms. The van der Waals surface area contributed by atoms with Crippen LogP contribution in [0.25, 0.3) is 0 Å². The van der Waals surface area contributed by atoms with Crippen molar-refractivity contribution in [3.05, 3.63) is 29.8 Å². The average molecular weight is 182 g/mol. The maximum atomic E-state index is 9.53. The van der Waals surface area contributed by atoms with Crippen LogP contribution >= 0.6 is 0 Å². The summed E-state index contributed by atoms with van der Waals surface area (Å²) in [5, 5.41) is 27.3. The van der Waals surface area contributed by atoms with Crippen LogP contribution < -0.4 is 0 Å². The largest absolute Gasteiger partial charge is 0.508 e. The van der Waals surface area contributed by atoms with Gasteiger partial charge in [0.1, 0.15) is 5.75 Å². The fourth-order valence-corrected chi connectivity index (χ4v) is 1.11. The van der Waals surface area contributed by atoms with Crippen LogP contribution in [0.15, 0.2) is 24.3 Å². The molecule has 1 aromatic carbocycles. The molecule has 0 fully saturated rings. The minimum Gasteiger partial charge on any atom is -0.508 e. The summed E-state index contributed by atoms with van der Waals surface area (Å²) in [6, 6.07) is 6.56. The lowest BCUT2D eigenvalue weighted by molar-refractivity contribution is 0.00231. The highest BCUT2D eigenvalue weighted by molar-refractivity contribution is 5.26. The maximum Gasteiger partial charge on any atom is 0.115 e. The Hall–Kier alpha value is -1.06. The Morgan fingerprint density at radius 2 is 1.77 bits per heavy atom. The highest BCUT2D eigenvalue weighted by Crippen LogP contribution is 2.15. The molecule has 1 unspecified atom stereocenters. The molecule has 0 radical (unpaired) electrons. The van der Waals surface area contributed by atoms with Crippen molar-refractivity contribution < 1.29 is 15.3 Å². The van der Waals surface area contributed by atoms with Gasteiger partial charge in [-0.25, -0.2) is 0 Å². The zero-order chi connectivity index (χ0) is 9.90. The molecule has 0 aliphatic carbocycles. The molecule has 13 heavy (non-hydrogen) atoms. The molecule has 0 bridgehead atoms. The van der Waals surface area contributed by atoms with E-state index in [0.717, 1.165) is 5.56 Å². The third kappa shape index (κ3) is 3.05. The molecular weight excluding hydrogens is 168 g/mol. The van der Waals surface area contributed by atoms with E-state index in [1.165, 1.54) is 0 Å². The summed E-state index contributed by atoms with van der Waals surface area (Å²) in [4.78, 5) is 0. The van der Waals surface area contributed by atoms with Gasteiger partial charge in [-0.2, -0.15) is 0 Å². The van der Waals surface area contributed by atoms with Crippen LogP contribution in [-0.4, -0.2) is 27.5 Å². The van der Waals surface area contributed by atoms with Crippen molar-refractivity contribution in [1.29, 1.82) is 0 Å². The highest BCUT2D eigenvalue weighted by Gasteiger charge is 2.19. The van der Waals surface area contributed by atoms with Crippen molar-refractivity contribution in [3.63, 3.8) is 0 Å². The first-order valence-corrected chi connectivity index (χ1v) is 4.15. The summed E-state index contributed by atoms with van der Waals surface area (Å²) in [7, 11) is 0. The van der Waals surface area contributed by atoms with E-state index in [-0.39, 0.29) is 12.4 Å². The Morgan fingerprint density at radius 1 is 1.23 bits per heavy atom. The number of aliphatic hydroxyl groups is 2. The second kappa shape index (κ2) is 3.77. The minimum atomic E-state index is -1.09. The summed E-state index contributed by atoms with van der Waals surface area (Å²) in [5.41, 5.74) is -0.200. The molecule has 0 heterocycles. The molecule has 0 aromatic heterocycles. The van der Waals surface area contributed by atoms with Gasteiger partial charge >= 0.3 is 0 Å². The van der Waals surface area contributed by atoms with Gasteiger partial charge in [-0.1, -0.05) is 12.1 Å². The van der Waals surface area contributed by atoms with Gasteiger partial charge in [0.25, 0.3) is 0 Å². The summed E-state index contributed by atoms with van der Waals surface area (Å²) < 4.78 is 0. The van der Waals surface area contributed by atoms with Crippen molar-refractivity contribution in [1.82, 2.24) is 0 Å². The van der Waals surface area contributed by atoms with Crippen LogP contribution in [0.2, 0.25) is 0 Å². The normalized spacial score (nSPS) is 15.3. The van der Waals surface area contributed by atoms with Crippen LogP contribution in [-0.2, 0) is 6.42 Å². The molecule has 72 valence electrons. The lowest BCUT2D eigenvalue weighted by atomic mass is 9.97. The Bertz CT molecular complexity index is 264. The molecule has 1 atom stereocenters. The second-order valence-corrected chi connectivity index (χ2v) is 3.50. The SMILES string of the molecule is CC(O)(CO)Cc1ccc(O)cc1. The first-order valence-electron chi connectivity index (χ1n) is 4.15. The number of phenols is 1. The first-order chi connectivity index (χ1) is 6.03. The molecule has 0 saturated heterocycles. The number of phenolic OH excluding ortho intramolecular Hbond substituents is 1. The van der Waals surface area contributed by atoms with Gasteiger partial charge in [-0.05, 0) is 24.6 Å². The van der Waals surface area contributed by atoms with Crippen LogP contribution in [0, 0.1) is 0 Å². The Balaban J connectivity index is 2.69. The predicted molar refractivity (Wildman–Crippen MR) is 49.5 cm³/mol. The maximum absolute atomic E-state index is 9.53. The number of aliphatic hydroxyl groups excluding tert-OH is 1. The van der Waals surface area contributed by atoms with Gasteiger partial charge in [0.2, 0.25) is 0 Å². The van der Waals surface area contributed by atoms with Crippen molar-refractivity contribution in [2.75, 3.05) is 6.61 Å². The topological polar surface area (TPSA) is 60.7 Å². The first kappa shape index (κ1) is 10.0. The van der Waals surface area contributed by atoms with E-state index < -0.39 is 5.60 Å². The van der Waals surface area contributed by atoms with Gasteiger partial charge in [0, 0.05) is 6.42 Å². The summed E-state index contributed by atoms with van der Waals surface area (Å²) in [6.07, 6.45) is 0.379. The van der Waals surface area contributed by atoms with E-state index in [0.29, 0.717) is 6.42 Å². The van der Waals surface area contributed by atoms with Crippen LogP contribution in [0.3, 0.4) is 0 Å². The molecule has 0 saturated carbocycles. The lowest BCUT2D eigenvalue weighted by Crippen LogP contribution is -2.31. The molecule has 0 amide bonds. The monoisotopic (exact) mass is 182 g/mol. The smallest absolute Gasteiger partial charge is 0.115 e. The number of benzene rings is 1. The molecular formula is C10H14O3. The van der Waals surface area contributed by atoms with Crippen LogP contribution in [0.4, 0.5) is 0 Å². The number of aromatic hydroxyl groups is 1. The van der Waals surface area contributed by atoms with Crippen molar-refractivity contribution in [3.8, 4) is 5.75 Å². The Morgan fingerprint density at radius 3 is 2.23 bits per heavy atom. The number of hydrogen-bond donors (Lipinski definition) is 3. The zero-order valence-electron chi connectivity index (χ0n) is 7.57. The van der Waals surface area contributed by atoms with Crippen molar-refractivity contribution in [2.24, 2.45) is 0 Å². The van der Waals surface area contributed by atoms with E-state index in [1.54, 1.807) is 31.2 Å².